The van der Waals surface area contributed by atoms with Gasteiger partial charge in [0.15, 0.2) is 17.5 Å². The first-order chi connectivity index (χ1) is 14.1. The third kappa shape index (κ3) is 6.48. The first kappa shape index (κ1) is 21.1. The van der Waals surface area contributed by atoms with E-state index in [0.717, 1.165) is 36.6 Å². The number of H-pyrrole nitrogens is 1. The molecule has 0 radical (unpaired) electrons. The molecule has 1 aromatic heterocycles. The molecule has 1 unspecified atom stereocenters. The van der Waals surface area contributed by atoms with E-state index in [2.05, 4.69) is 25.8 Å². The minimum absolute atomic E-state index is 0.0732. The SMILES string of the molecule is CCNC(=NCCCc1cn[nH]c1C)NC(C)c1ccc(OCC2CC2)c(F)c1. The molecule has 2 aromatic rings. The predicted molar refractivity (Wildman–Crippen MR) is 114 cm³/mol. The van der Waals surface area contributed by atoms with E-state index in [9.17, 15) is 4.39 Å². The second kappa shape index (κ2) is 10.3. The number of nitrogens with zero attached hydrogens (tertiary/aromatic N) is 2. The lowest BCUT2D eigenvalue weighted by Crippen LogP contribution is -2.38. The number of hydrogen-bond donors (Lipinski definition) is 3. The van der Waals surface area contributed by atoms with Crippen molar-refractivity contribution >= 4 is 5.96 Å². The van der Waals surface area contributed by atoms with Crippen LogP contribution in [0.4, 0.5) is 4.39 Å². The van der Waals surface area contributed by atoms with Gasteiger partial charge in [-0.15, -0.1) is 0 Å². The lowest BCUT2D eigenvalue weighted by Gasteiger charge is -2.19. The normalized spacial score (nSPS) is 15.2. The zero-order valence-electron chi connectivity index (χ0n) is 17.6. The predicted octanol–water partition coefficient (Wildman–Crippen LogP) is 3.89. The number of guanidine groups is 1. The Morgan fingerprint density at radius 1 is 1.41 bits per heavy atom. The van der Waals surface area contributed by atoms with Crippen LogP contribution in [0.5, 0.6) is 5.75 Å². The Kier molecular flexibility index (Phi) is 7.49. The largest absolute Gasteiger partial charge is 0.490 e. The van der Waals surface area contributed by atoms with Crippen LogP contribution in [0.25, 0.3) is 0 Å². The van der Waals surface area contributed by atoms with Gasteiger partial charge in [0.2, 0.25) is 0 Å². The summed E-state index contributed by atoms with van der Waals surface area (Å²) >= 11 is 0. The van der Waals surface area contributed by atoms with Crippen molar-refractivity contribution in [3.05, 3.63) is 47.0 Å². The average Bonchev–Trinajstić information content (AvgIpc) is 3.44. The number of benzene rings is 1. The summed E-state index contributed by atoms with van der Waals surface area (Å²) in [7, 11) is 0. The van der Waals surface area contributed by atoms with Crippen LogP contribution in [0.1, 0.15) is 56.0 Å². The molecule has 6 nitrogen and oxygen atoms in total. The molecule has 0 amide bonds. The Bertz CT molecular complexity index is 815. The highest BCUT2D eigenvalue weighted by Gasteiger charge is 2.22. The monoisotopic (exact) mass is 401 g/mol. The van der Waals surface area contributed by atoms with E-state index < -0.39 is 0 Å². The van der Waals surface area contributed by atoms with Crippen molar-refractivity contribution in [1.82, 2.24) is 20.8 Å². The molecule has 1 aliphatic rings. The standard InChI is InChI=1S/C22H32FN5O/c1-4-24-22(25-11-5-6-19-13-26-28-16(19)3)27-15(2)18-9-10-21(20(23)12-18)29-14-17-7-8-17/h9-10,12-13,15,17H,4-8,11,14H2,1-3H3,(H,26,28)(H2,24,25,27). The minimum atomic E-state index is -0.311. The third-order valence-electron chi connectivity index (χ3n) is 5.13. The maximum Gasteiger partial charge on any atom is 0.191 e. The average molecular weight is 402 g/mol. The molecule has 0 saturated heterocycles. The highest BCUT2D eigenvalue weighted by Crippen LogP contribution is 2.30. The fourth-order valence-electron chi connectivity index (χ4n) is 3.09. The number of rotatable bonds is 10. The Morgan fingerprint density at radius 3 is 2.90 bits per heavy atom. The Morgan fingerprint density at radius 2 is 2.24 bits per heavy atom. The number of aliphatic imine (C=N–C) groups is 1. The Hall–Kier alpha value is -2.57. The van der Waals surface area contributed by atoms with E-state index in [0.29, 0.717) is 24.8 Å². The van der Waals surface area contributed by atoms with E-state index in [1.165, 1.54) is 18.4 Å². The first-order valence-electron chi connectivity index (χ1n) is 10.5. The van der Waals surface area contributed by atoms with Gasteiger partial charge in [0.25, 0.3) is 0 Å². The summed E-state index contributed by atoms with van der Waals surface area (Å²) < 4.78 is 20.0. The van der Waals surface area contributed by atoms with Crippen LogP contribution in [0.15, 0.2) is 29.4 Å². The molecular formula is C22H32FN5O. The van der Waals surface area contributed by atoms with Crippen molar-refractivity contribution < 1.29 is 9.13 Å². The second-order valence-electron chi connectivity index (χ2n) is 7.69. The zero-order valence-corrected chi connectivity index (χ0v) is 17.6. The summed E-state index contributed by atoms with van der Waals surface area (Å²) in [5, 5.41) is 13.6. The van der Waals surface area contributed by atoms with E-state index in [1.54, 1.807) is 12.1 Å². The van der Waals surface area contributed by atoms with Gasteiger partial charge in [-0.1, -0.05) is 6.07 Å². The molecule has 1 aliphatic carbocycles. The van der Waals surface area contributed by atoms with Crippen LogP contribution in [0.3, 0.4) is 0 Å². The molecule has 1 aromatic carbocycles. The molecule has 0 bridgehead atoms. The molecule has 29 heavy (non-hydrogen) atoms. The van der Waals surface area contributed by atoms with Gasteiger partial charge in [0.05, 0.1) is 18.8 Å². The van der Waals surface area contributed by atoms with Gasteiger partial charge in [0.1, 0.15) is 0 Å². The van der Waals surface area contributed by atoms with E-state index >= 15 is 0 Å². The molecule has 1 fully saturated rings. The third-order valence-corrected chi connectivity index (χ3v) is 5.13. The number of ether oxygens (including phenoxy) is 1. The van der Waals surface area contributed by atoms with Crippen molar-refractivity contribution in [2.45, 2.75) is 52.5 Å². The lowest BCUT2D eigenvalue weighted by atomic mass is 10.1. The molecule has 0 spiro atoms. The van der Waals surface area contributed by atoms with Crippen molar-refractivity contribution in [3.63, 3.8) is 0 Å². The molecule has 1 heterocycles. The number of hydrogen-bond acceptors (Lipinski definition) is 3. The van der Waals surface area contributed by atoms with Gasteiger partial charge in [-0.05, 0) is 75.6 Å². The number of halogens is 1. The number of aromatic nitrogens is 2. The summed E-state index contributed by atoms with van der Waals surface area (Å²) in [6.45, 7) is 8.14. The minimum Gasteiger partial charge on any atom is -0.490 e. The summed E-state index contributed by atoms with van der Waals surface area (Å²) in [6, 6.07) is 5.11. The number of aromatic amines is 1. The fraction of sp³-hybridized carbons (Fsp3) is 0.545. The molecule has 3 rings (SSSR count). The molecular weight excluding hydrogens is 369 g/mol. The van der Waals surface area contributed by atoms with Gasteiger partial charge in [-0.2, -0.15) is 5.10 Å². The first-order valence-corrected chi connectivity index (χ1v) is 10.5. The molecule has 3 N–H and O–H groups in total. The van der Waals surface area contributed by atoms with Crippen LogP contribution in [-0.2, 0) is 6.42 Å². The van der Waals surface area contributed by atoms with Crippen LogP contribution >= 0.6 is 0 Å². The van der Waals surface area contributed by atoms with Gasteiger partial charge in [-0.3, -0.25) is 10.1 Å². The Labute approximate surface area is 172 Å². The summed E-state index contributed by atoms with van der Waals surface area (Å²) in [5.74, 6) is 1.36. The van der Waals surface area contributed by atoms with Gasteiger partial charge in [-0.25, -0.2) is 4.39 Å². The maximum absolute atomic E-state index is 14.4. The van der Waals surface area contributed by atoms with E-state index in [1.807, 2.05) is 33.0 Å². The summed E-state index contributed by atoms with van der Waals surface area (Å²) in [5.41, 5.74) is 3.20. The summed E-state index contributed by atoms with van der Waals surface area (Å²) in [4.78, 5) is 4.65. The van der Waals surface area contributed by atoms with Crippen molar-refractivity contribution in [2.75, 3.05) is 19.7 Å². The van der Waals surface area contributed by atoms with Crippen molar-refractivity contribution in [2.24, 2.45) is 10.9 Å². The van der Waals surface area contributed by atoms with Crippen LogP contribution in [0.2, 0.25) is 0 Å². The molecule has 1 atom stereocenters. The molecule has 158 valence electrons. The topological polar surface area (TPSA) is 74.3 Å². The molecule has 0 aliphatic heterocycles. The maximum atomic E-state index is 14.4. The van der Waals surface area contributed by atoms with Gasteiger partial charge >= 0.3 is 0 Å². The van der Waals surface area contributed by atoms with Crippen LogP contribution in [-0.4, -0.2) is 35.9 Å². The van der Waals surface area contributed by atoms with Crippen LogP contribution < -0.4 is 15.4 Å². The van der Waals surface area contributed by atoms with Crippen LogP contribution in [0, 0.1) is 18.7 Å². The zero-order chi connectivity index (χ0) is 20.6. The van der Waals surface area contributed by atoms with Gasteiger partial charge < -0.3 is 15.4 Å². The summed E-state index contributed by atoms with van der Waals surface area (Å²) in [6.07, 6.45) is 6.13. The van der Waals surface area contributed by atoms with E-state index in [-0.39, 0.29) is 11.9 Å². The highest BCUT2D eigenvalue weighted by atomic mass is 19.1. The van der Waals surface area contributed by atoms with Gasteiger partial charge in [0, 0.05) is 18.8 Å². The smallest absolute Gasteiger partial charge is 0.191 e. The Balaban J connectivity index is 1.52. The lowest BCUT2D eigenvalue weighted by molar-refractivity contribution is 0.285. The number of aryl methyl sites for hydroxylation is 2. The molecule has 7 heteroatoms. The molecule has 1 saturated carbocycles. The van der Waals surface area contributed by atoms with E-state index in [4.69, 9.17) is 4.74 Å². The quantitative estimate of drug-likeness (QED) is 0.321. The van der Waals surface area contributed by atoms with Crippen molar-refractivity contribution in [1.29, 1.82) is 0 Å². The highest BCUT2D eigenvalue weighted by molar-refractivity contribution is 5.80. The second-order valence-corrected chi connectivity index (χ2v) is 7.69. The van der Waals surface area contributed by atoms with Crippen molar-refractivity contribution in [3.8, 4) is 5.75 Å². The fourth-order valence-corrected chi connectivity index (χ4v) is 3.09. The number of nitrogens with one attached hydrogen (secondary N) is 3.